The van der Waals surface area contributed by atoms with Crippen molar-refractivity contribution in [1.29, 1.82) is 0 Å². The number of hydrogen-bond acceptors (Lipinski definition) is 9. The molecule has 3 aliphatic heterocycles. The van der Waals surface area contributed by atoms with Gasteiger partial charge in [-0.05, 0) is 31.4 Å². The third-order valence-corrected chi connectivity index (χ3v) is 8.09. The second kappa shape index (κ2) is 12.3. The Morgan fingerprint density at radius 2 is 1.62 bits per heavy atom. The summed E-state index contributed by atoms with van der Waals surface area (Å²) < 4.78 is 28.8. The summed E-state index contributed by atoms with van der Waals surface area (Å²) in [5, 5.41) is 0. The lowest BCUT2D eigenvalue weighted by molar-refractivity contribution is -0.206. The molecule has 3 fully saturated rings. The maximum atomic E-state index is 14.0. The molecule has 2 aromatic carbocycles. The van der Waals surface area contributed by atoms with Crippen LogP contribution in [0.15, 0.2) is 72.9 Å². The monoisotopic (exact) mass is 578 g/mol. The van der Waals surface area contributed by atoms with Gasteiger partial charge >= 0.3 is 11.9 Å². The van der Waals surface area contributed by atoms with Gasteiger partial charge in [0.05, 0.1) is 31.9 Å². The van der Waals surface area contributed by atoms with Crippen molar-refractivity contribution in [2.45, 2.75) is 69.9 Å². The molecule has 0 unspecified atom stereocenters. The van der Waals surface area contributed by atoms with Gasteiger partial charge in [0.2, 0.25) is 11.7 Å². The highest BCUT2D eigenvalue weighted by atomic mass is 16.8. The van der Waals surface area contributed by atoms with Crippen LogP contribution in [-0.2, 0) is 44.7 Å². The molecule has 0 spiro atoms. The molecule has 2 aromatic rings. The first-order valence-corrected chi connectivity index (χ1v) is 14.2. The number of carbonyl (C=O) groups is 3. The van der Waals surface area contributed by atoms with Crippen LogP contribution in [0.3, 0.4) is 0 Å². The SMILES string of the molecule is C=C(C(=O)OCc1ccccc1)N1C(=O)[C@@H](N2[C@@H](c3ccccc3)COC2(C)C)[C@H]1CCC1(COC(C)=O)OCCO1. The Morgan fingerprint density at radius 1 is 0.976 bits per heavy atom. The van der Waals surface area contributed by atoms with Gasteiger partial charge in [0, 0.05) is 13.3 Å². The smallest absolute Gasteiger partial charge is 0.354 e. The normalized spacial score (nSPS) is 24.7. The molecule has 3 atom stereocenters. The molecular weight excluding hydrogens is 540 g/mol. The first kappa shape index (κ1) is 29.9. The van der Waals surface area contributed by atoms with Crippen LogP contribution in [0.4, 0.5) is 0 Å². The third kappa shape index (κ3) is 6.12. The maximum absolute atomic E-state index is 14.0. The topological polar surface area (TPSA) is 104 Å². The summed E-state index contributed by atoms with van der Waals surface area (Å²) in [5.74, 6) is -2.51. The molecule has 0 bridgehead atoms. The van der Waals surface area contributed by atoms with E-state index in [1.54, 1.807) is 0 Å². The Bertz CT molecular complexity index is 1290. The van der Waals surface area contributed by atoms with E-state index in [-0.39, 0.29) is 30.9 Å². The van der Waals surface area contributed by atoms with E-state index in [2.05, 4.69) is 11.5 Å². The summed E-state index contributed by atoms with van der Waals surface area (Å²) in [5.41, 5.74) is 1.07. The van der Waals surface area contributed by atoms with Crippen LogP contribution >= 0.6 is 0 Å². The number of ether oxygens (including phenoxy) is 5. The fraction of sp³-hybridized carbons (Fsp3) is 0.469. The number of esters is 2. The fourth-order valence-corrected chi connectivity index (χ4v) is 6.01. The quantitative estimate of drug-likeness (QED) is 0.224. The van der Waals surface area contributed by atoms with Crippen LogP contribution in [0, 0.1) is 0 Å². The highest BCUT2D eigenvalue weighted by Crippen LogP contribution is 2.45. The van der Waals surface area contributed by atoms with E-state index in [1.165, 1.54) is 11.8 Å². The van der Waals surface area contributed by atoms with E-state index < -0.39 is 35.5 Å². The number of amides is 1. The van der Waals surface area contributed by atoms with E-state index in [9.17, 15) is 14.4 Å². The molecule has 1 amide bonds. The summed E-state index contributed by atoms with van der Waals surface area (Å²) in [6.07, 6.45) is 0.708. The van der Waals surface area contributed by atoms with E-state index in [0.29, 0.717) is 32.7 Å². The number of β-lactam (4-membered cyclic amide) rings is 1. The molecule has 0 aromatic heterocycles. The van der Waals surface area contributed by atoms with Gasteiger partial charge in [-0.25, -0.2) is 4.79 Å². The number of likely N-dealkylation sites (tertiary alicyclic amines) is 1. The number of hydrogen-bond donors (Lipinski definition) is 0. The van der Waals surface area contributed by atoms with Crippen molar-refractivity contribution in [3.05, 3.63) is 84.1 Å². The van der Waals surface area contributed by atoms with Crippen LogP contribution in [0.5, 0.6) is 0 Å². The van der Waals surface area contributed by atoms with Crippen molar-refractivity contribution in [1.82, 2.24) is 9.80 Å². The van der Waals surface area contributed by atoms with Gasteiger partial charge < -0.3 is 23.7 Å². The molecule has 3 saturated heterocycles. The minimum atomic E-state index is -1.13. The van der Waals surface area contributed by atoms with Crippen molar-refractivity contribution >= 4 is 17.8 Å². The molecule has 0 radical (unpaired) electrons. The van der Waals surface area contributed by atoms with Gasteiger partial charge in [0.15, 0.2) is 0 Å². The molecule has 0 saturated carbocycles. The molecule has 0 N–H and O–H groups in total. The molecule has 224 valence electrons. The van der Waals surface area contributed by atoms with Crippen molar-refractivity contribution < 1.29 is 38.1 Å². The van der Waals surface area contributed by atoms with Crippen LogP contribution in [0.25, 0.3) is 0 Å². The van der Waals surface area contributed by atoms with Crippen molar-refractivity contribution in [2.24, 2.45) is 0 Å². The number of carbonyl (C=O) groups excluding carboxylic acids is 3. The lowest BCUT2D eigenvalue weighted by Crippen LogP contribution is -2.72. The first-order chi connectivity index (χ1) is 20.1. The molecule has 0 aliphatic carbocycles. The Kier molecular flexibility index (Phi) is 8.79. The van der Waals surface area contributed by atoms with Crippen LogP contribution in [0.1, 0.15) is 50.8 Å². The van der Waals surface area contributed by atoms with Gasteiger partial charge in [-0.3, -0.25) is 19.4 Å². The minimum Gasteiger partial charge on any atom is -0.460 e. The molecular formula is C32H38N2O8. The zero-order chi connectivity index (χ0) is 29.9. The van der Waals surface area contributed by atoms with E-state index in [0.717, 1.165) is 11.1 Å². The van der Waals surface area contributed by atoms with Crippen molar-refractivity contribution in [2.75, 3.05) is 26.4 Å². The predicted octanol–water partition coefficient (Wildman–Crippen LogP) is 3.72. The van der Waals surface area contributed by atoms with E-state index in [4.69, 9.17) is 23.7 Å². The van der Waals surface area contributed by atoms with Crippen molar-refractivity contribution in [3.8, 4) is 0 Å². The summed E-state index contributed by atoms with van der Waals surface area (Å²) in [6, 6.07) is 18.0. The average Bonchev–Trinajstić information content (AvgIpc) is 3.58. The van der Waals surface area contributed by atoms with Crippen molar-refractivity contribution in [3.63, 3.8) is 0 Å². The molecule has 5 rings (SSSR count). The Morgan fingerprint density at radius 3 is 2.26 bits per heavy atom. The van der Waals surface area contributed by atoms with Gasteiger partial charge in [-0.15, -0.1) is 0 Å². The molecule has 42 heavy (non-hydrogen) atoms. The maximum Gasteiger partial charge on any atom is 0.354 e. The largest absolute Gasteiger partial charge is 0.460 e. The highest BCUT2D eigenvalue weighted by molar-refractivity contribution is 5.99. The predicted molar refractivity (Wildman–Crippen MR) is 151 cm³/mol. The van der Waals surface area contributed by atoms with Gasteiger partial charge in [-0.2, -0.15) is 0 Å². The zero-order valence-corrected chi connectivity index (χ0v) is 24.3. The van der Waals surface area contributed by atoms with Crippen LogP contribution in [0.2, 0.25) is 0 Å². The second-order valence-electron chi connectivity index (χ2n) is 11.2. The number of benzene rings is 2. The fourth-order valence-electron chi connectivity index (χ4n) is 6.01. The highest BCUT2D eigenvalue weighted by Gasteiger charge is 2.59. The Hall–Kier alpha value is -3.57. The number of nitrogens with zero attached hydrogens (tertiary/aromatic N) is 2. The Labute approximate surface area is 246 Å². The molecule has 3 aliphatic rings. The Balaban J connectivity index is 1.40. The lowest BCUT2D eigenvalue weighted by atomic mass is 9.85. The summed E-state index contributed by atoms with van der Waals surface area (Å²) >= 11 is 0. The van der Waals surface area contributed by atoms with Crippen LogP contribution in [-0.4, -0.2) is 77.7 Å². The summed E-state index contributed by atoms with van der Waals surface area (Å²) in [4.78, 5) is 42.2. The van der Waals surface area contributed by atoms with Gasteiger partial charge in [-0.1, -0.05) is 67.2 Å². The third-order valence-electron chi connectivity index (χ3n) is 8.09. The number of rotatable bonds is 11. The minimum absolute atomic E-state index is 0.0336. The second-order valence-corrected chi connectivity index (χ2v) is 11.2. The standard InChI is InChI=1S/C32H38N2O8/c1-22(30(37)38-19-24-11-7-5-8-12-24)33-26(15-16-32(21-39-23(2)35)40-17-18-41-32)28(29(33)36)34-27(20-42-31(34,3)4)25-13-9-6-10-14-25/h5-14,26-28H,1,15-21H2,2-4H3/t26-,27-,28+/m1/s1. The van der Waals surface area contributed by atoms with Gasteiger partial charge in [0.1, 0.15) is 30.7 Å². The first-order valence-electron chi connectivity index (χ1n) is 14.2. The molecule has 10 heteroatoms. The summed E-state index contributed by atoms with van der Waals surface area (Å²) in [7, 11) is 0. The van der Waals surface area contributed by atoms with E-state index in [1.807, 2.05) is 74.5 Å². The van der Waals surface area contributed by atoms with E-state index >= 15 is 0 Å². The van der Waals surface area contributed by atoms with Crippen LogP contribution < -0.4 is 0 Å². The summed E-state index contributed by atoms with van der Waals surface area (Å²) in [6.45, 7) is 10.3. The molecule has 10 nitrogen and oxygen atoms in total. The lowest BCUT2D eigenvalue weighted by Gasteiger charge is -2.54. The van der Waals surface area contributed by atoms with Gasteiger partial charge in [0.25, 0.3) is 0 Å². The zero-order valence-electron chi connectivity index (χ0n) is 24.3. The molecule has 3 heterocycles. The average molecular weight is 579 g/mol.